The highest BCUT2D eigenvalue weighted by Crippen LogP contribution is 2.29. The van der Waals surface area contributed by atoms with Crippen molar-refractivity contribution in [3.05, 3.63) is 52.5 Å². The lowest BCUT2D eigenvalue weighted by Crippen LogP contribution is -2.15. The van der Waals surface area contributed by atoms with Gasteiger partial charge >= 0.3 is 0 Å². The van der Waals surface area contributed by atoms with E-state index in [9.17, 15) is 4.79 Å². The van der Waals surface area contributed by atoms with E-state index in [0.29, 0.717) is 16.5 Å². The van der Waals surface area contributed by atoms with Gasteiger partial charge in [-0.15, -0.1) is 11.8 Å². The van der Waals surface area contributed by atoms with Crippen LogP contribution in [0.4, 0.5) is 11.4 Å². The number of aryl methyl sites for hydroxylation is 2. The summed E-state index contributed by atoms with van der Waals surface area (Å²) in [4.78, 5) is 12.9. The highest BCUT2D eigenvalue weighted by molar-refractivity contribution is 8.00. The van der Waals surface area contributed by atoms with Gasteiger partial charge in [-0.2, -0.15) is 0 Å². The number of hydrogen-bond acceptors (Lipinski definition) is 3. The number of halogens is 1. The minimum absolute atomic E-state index is 0.0541. The molecule has 0 bridgehead atoms. The fraction of sp³-hybridized carbons (Fsp3) is 0.188. The Bertz CT molecular complexity index is 673. The molecule has 110 valence electrons. The van der Waals surface area contributed by atoms with Crippen molar-refractivity contribution in [3.63, 3.8) is 0 Å². The van der Waals surface area contributed by atoms with Crippen LogP contribution in [-0.2, 0) is 4.79 Å². The smallest absolute Gasteiger partial charge is 0.234 e. The summed E-state index contributed by atoms with van der Waals surface area (Å²) in [7, 11) is 0. The first-order valence-electron chi connectivity index (χ1n) is 6.50. The molecule has 5 heteroatoms. The van der Waals surface area contributed by atoms with Gasteiger partial charge in [0.1, 0.15) is 0 Å². The van der Waals surface area contributed by atoms with Crippen molar-refractivity contribution in [2.45, 2.75) is 18.7 Å². The second-order valence-corrected chi connectivity index (χ2v) is 6.27. The van der Waals surface area contributed by atoms with Crippen LogP contribution >= 0.6 is 23.4 Å². The van der Waals surface area contributed by atoms with Gasteiger partial charge in [0.05, 0.1) is 10.8 Å². The summed E-state index contributed by atoms with van der Waals surface area (Å²) in [5, 5.41) is 3.49. The monoisotopic (exact) mass is 320 g/mol. The Labute approximate surface area is 133 Å². The molecule has 0 saturated carbocycles. The zero-order valence-electron chi connectivity index (χ0n) is 11.9. The summed E-state index contributed by atoms with van der Waals surface area (Å²) >= 11 is 7.48. The van der Waals surface area contributed by atoms with Crippen molar-refractivity contribution >= 4 is 40.6 Å². The first-order valence-corrected chi connectivity index (χ1v) is 7.87. The summed E-state index contributed by atoms with van der Waals surface area (Å²) in [6.07, 6.45) is 0. The van der Waals surface area contributed by atoms with Gasteiger partial charge in [-0.1, -0.05) is 23.7 Å². The third-order valence-electron chi connectivity index (χ3n) is 2.98. The summed E-state index contributed by atoms with van der Waals surface area (Å²) < 4.78 is 0. The van der Waals surface area contributed by atoms with E-state index in [4.69, 9.17) is 17.3 Å². The molecule has 0 radical (unpaired) electrons. The SMILES string of the molecule is Cc1ccc(C)c(NC(=O)CSc2ccc(N)cc2Cl)c1. The summed E-state index contributed by atoms with van der Waals surface area (Å²) in [6.45, 7) is 3.97. The maximum atomic E-state index is 12.0. The summed E-state index contributed by atoms with van der Waals surface area (Å²) in [5.74, 6) is 0.249. The number of nitrogens with two attached hydrogens (primary N) is 1. The van der Waals surface area contributed by atoms with Crippen LogP contribution in [0.15, 0.2) is 41.3 Å². The molecule has 0 aromatic heterocycles. The van der Waals surface area contributed by atoms with Crippen LogP contribution in [0.5, 0.6) is 0 Å². The maximum Gasteiger partial charge on any atom is 0.234 e. The lowest BCUT2D eigenvalue weighted by Gasteiger charge is -2.10. The maximum absolute atomic E-state index is 12.0. The topological polar surface area (TPSA) is 55.1 Å². The van der Waals surface area contributed by atoms with Crippen LogP contribution in [0.1, 0.15) is 11.1 Å². The predicted octanol–water partition coefficient (Wildman–Crippen LogP) is 4.27. The zero-order valence-corrected chi connectivity index (χ0v) is 13.5. The third-order valence-corrected chi connectivity index (χ3v) is 4.48. The molecule has 21 heavy (non-hydrogen) atoms. The number of amides is 1. The molecule has 3 N–H and O–H groups in total. The molecule has 2 rings (SSSR count). The van der Waals surface area contributed by atoms with E-state index in [-0.39, 0.29) is 5.91 Å². The number of anilines is 2. The van der Waals surface area contributed by atoms with Crippen LogP contribution in [0.2, 0.25) is 5.02 Å². The van der Waals surface area contributed by atoms with Gasteiger partial charge in [-0.05, 0) is 49.2 Å². The van der Waals surface area contributed by atoms with Gasteiger partial charge in [0.15, 0.2) is 0 Å². The molecule has 0 heterocycles. The van der Waals surface area contributed by atoms with Crippen LogP contribution in [0, 0.1) is 13.8 Å². The van der Waals surface area contributed by atoms with E-state index in [1.54, 1.807) is 12.1 Å². The molecule has 0 unspecified atom stereocenters. The number of carbonyl (C=O) groups excluding carboxylic acids is 1. The molecular weight excluding hydrogens is 304 g/mol. The third kappa shape index (κ3) is 4.41. The molecule has 0 aliphatic heterocycles. The molecule has 1 amide bonds. The predicted molar refractivity (Wildman–Crippen MR) is 91.1 cm³/mol. The Balaban J connectivity index is 1.97. The van der Waals surface area contributed by atoms with Crippen molar-refractivity contribution in [1.82, 2.24) is 0 Å². The number of nitrogen functional groups attached to an aromatic ring is 1. The van der Waals surface area contributed by atoms with Gasteiger partial charge < -0.3 is 11.1 Å². The minimum Gasteiger partial charge on any atom is -0.399 e. The second kappa shape index (κ2) is 6.87. The van der Waals surface area contributed by atoms with Crippen LogP contribution < -0.4 is 11.1 Å². The zero-order chi connectivity index (χ0) is 15.4. The quantitative estimate of drug-likeness (QED) is 0.653. The van der Waals surface area contributed by atoms with Crippen LogP contribution in [0.25, 0.3) is 0 Å². The van der Waals surface area contributed by atoms with Gasteiger partial charge in [0, 0.05) is 16.3 Å². The summed E-state index contributed by atoms with van der Waals surface area (Å²) in [6, 6.07) is 11.3. The average Bonchev–Trinajstić information content (AvgIpc) is 2.42. The molecule has 0 aliphatic rings. The highest BCUT2D eigenvalue weighted by atomic mass is 35.5. The second-order valence-electron chi connectivity index (χ2n) is 4.85. The Morgan fingerprint density at radius 2 is 2.00 bits per heavy atom. The molecule has 0 spiro atoms. The number of nitrogens with one attached hydrogen (secondary N) is 1. The number of benzene rings is 2. The van der Waals surface area contributed by atoms with Crippen molar-refractivity contribution in [3.8, 4) is 0 Å². The van der Waals surface area contributed by atoms with Gasteiger partial charge in [-0.25, -0.2) is 0 Å². The standard InChI is InChI=1S/C16H17ClN2OS/c1-10-3-4-11(2)14(7-10)19-16(20)9-21-15-6-5-12(18)8-13(15)17/h3-8H,9,18H2,1-2H3,(H,19,20). The van der Waals surface area contributed by atoms with E-state index < -0.39 is 0 Å². The molecule has 0 aliphatic carbocycles. The fourth-order valence-corrected chi connectivity index (χ4v) is 2.91. The molecule has 3 nitrogen and oxygen atoms in total. The van der Waals surface area contributed by atoms with Gasteiger partial charge in [-0.3, -0.25) is 4.79 Å². The van der Waals surface area contributed by atoms with Crippen molar-refractivity contribution in [2.75, 3.05) is 16.8 Å². The number of rotatable bonds is 4. The lowest BCUT2D eigenvalue weighted by molar-refractivity contribution is -0.113. The Morgan fingerprint density at radius 3 is 2.71 bits per heavy atom. The molecule has 0 fully saturated rings. The molecule has 0 saturated heterocycles. The minimum atomic E-state index is -0.0541. The lowest BCUT2D eigenvalue weighted by atomic mass is 10.1. The van der Waals surface area contributed by atoms with Gasteiger partial charge in [0.25, 0.3) is 0 Å². The van der Waals surface area contributed by atoms with E-state index >= 15 is 0 Å². The number of thioether (sulfide) groups is 1. The fourth-order valence-electron chi connectivity index (χ4n) is 1.83. The van der Waals surface area contributed by atoms with E-state index in [2.05, 4.69) is 5.32 Å². The van der Waals surface area contributed by atoms with Crippen LogP contribution in [-0.4, -0.2) is 11.7 Å². The number of carbonyl (C=O) groups is 1. The average molecular weight is 321 g/mol. The Kier molecular flexibility index (Phi) is 5.15. The summed E-state index contributed by atoms with van der Waals surface area (Å²) in [5.41, 5.74) is 9.27. The Morgan fingerprint density at radius 1 is 1.24 bits per heavy atom. The van der Waals surface area contributed by atoms with E-state index in [0.717, 1.165) is 21.7 Å². The normalized spacial score (nSPS) is 10.4. The van der Waals surface area contributed by atoms with Crippen molar-refractivity contribution in [2.24, 2.45) is 0 Å². The van der Waals surface area contributed by atoms with Crippen molar-refractivity contribution < 1.29 is 4.79 Å². The first-order chi connectivity index (χ1) is 9.95. The molecular formula is C16H17ClN2OS. The highest BCUT2D eigenvalue weighted by Gasteiger charge is 2.08. The number of hydrogen-bond donors (Lipinski definition) is 2. The largest absolute Gasteiger partial charge is 0.399 e. The van der Waals surface area contributed by atoms with E-state index in [1.807, 2.05) is 38.1 Å². The Hall–Kier alpha value is -1.65. The van der Waals surface area contributed by atoms with Crippen LogP contribution in [0.3, 0.4) is 0 Å². The van der Waals surface area contributed by atoms with Crippen molar-refractivity contribution in [1.29, 1.82) is 0 Å². The first kappa shape index (κ1) is 15.7. The molecule has 0 atom stereocenters. The molecule has 2 aromatic carbocycles. The van der Waals surface area contributed by atoms with E-state index in [1.165, 1.54) is 11.8 Å². The molecule has 2 aromatic rings. The van der Waals surface area contributed by atoms with Gasteiger partial charge in [0.2, 0.25) is 5.91 Å².